The third-order valence-corrected chi connectivity index (χ3v) is 3.67. The Bertz CT molecular complexity index is 408. The summed E-state index contributed by atoms with van der Waals surface area (Å²) in [5, 5.41) is 2.95. The van der Waals surface area contributed by atoms with Crippen molar-refractivity contribution in [1.29, 1.82) is 0 Å². The highest BCUT2D eigenvalue weighted by Gasteiger charge is 2.25. The number of nitrogens with one attached hydrogen (secondary N) is 1. The van der Waals surface area contributed by atoms with Crippen LogP contribution in [0.4, 0.5) is 5.69 Å². The Balaban J connectivity index is 1.96. The van der Waals surface area contributed by atoms with Gasteiger partial charge in [0.2, 0.25) is 5.91 Å². The molecule has 0 spiro atoms. The van der Waals surface area contributed by atoms with Gasteiger partial charge >= 0.3 is 0 Å². The smallest absolute Gasteiger partial charge is 0.227 e. The first-order chi connectivity index (χ1) is 8.15. The molecule has 0 aliphatic heterocycles. The number of hydrogen-bond acceptors (Lipinski definition) is 2. The van der Waals surface area contributed by atoms with Gasteiger partial charge in [0.25, 0.3) is 0 Å². The van der Waals surface area contributed by atoms with Crippen molar-refractivity contribution < 1.29 is 4.79 Å². The van der Waals surface area contributed by atoms with E-state index in [2.05, 4.69) is 21.2 Å². The van der Waals surface area contributed by atoms with E-state index in [-0.39, 0.29) is 17.9 Å². The van der Waals surface area contributed by atoms with Gasteiger partial charge in [-0.15, -0.1) is 0 Å². The minimum atomic E-state index is 0.0673. The number of benzene rings is 1. The van der Waals surface area contributed by atoms with Crippen LogP contribution in [-0.2, 0) is 4.79 Å². The highest BCUT2D eigenvalue weighted by atomic mass is 79.9. The number of anilines is 1. The van der Waals surface area contributed by atoms with Crippen LogP contribution in [-0.4, -0.2) is 11.9 Å². The van der Waals surface area contributed by atoms with Crippen molar-refractivity contribution in [2.75, 3.05) is 5.32 Å². The second-order valence-electron chi connectivity index (χ2n) is 4.62. The molecule has 0 radical (unpaired) electrons. The Morgan fingerprint density at radius 1 is 1.41 bits per heavy atom. The summed E-state index contributed by atoms with van der Waals surface area (Å²) in [5.41, 5.74) is 6.73. The number of carbonyl (C=O) groups is 1. The quantitative estimate of drug-likeness (QED) is 0.882. The number of hydrogen-bond donors (Lipinski definition) is 2. The Hall–Kier alpha value is -0.870. The van der Waals surface area contributed by atoms with E-state index in [9.17, 15) is 4.79 Å². The zero-order chi connectivity index (χ0) is 12.3. The topological polar surface area (TPSA) is 55.1 Å². The monoisotopic (exact) mass is 296 g/mol. The SMILES string of the molecule is NC1CCCC(C(=O)Nc2cccc(Br)c2)C1. The molecule has 0 bridgehead atoms. The molecule has 2 atom stereocenters. The summed E-state index contributed by atoms with van der Waals surface area (Å²) in [7, 11) is 0. The first kappa shape index (κ1) is 12.6. The van der Waals surface area contributed by atoms with E-state index >= 15 is 0 Å². The zero-order valence-corrected chi connectivity index (χ0v) is 11.2. The molecule has 4 heteroatoms. The maximum atomic E-state index is 12.0. The third kappa shape index (κ3) is 3.54. The predicted octanol–water partition coefficient (Wildman–Crippen LogP) is 2.91. The molecule has 0 heterocycles. The fraction of sp³-hybridized carbons (Fsp3) is 0.462. The van der Waals surface area contributed by atoms with E-state index in [0.29, 0.717) is 0 Å². The van der Waals surface area contributed by atoms with E-state index in [0.717, 1.165) is 35.8 Å². The van der Waals surface area contributed by atoms with Gasteiger partial charge in [0.15, 0.2) is 0 Å². The van der Waals surface area contributed by atoms with Gasteiger partial charge < -0.3 is 11.1 Å². The lowest BCUT2D eigenvalue weighted by Gasteiger charge is -2.25. The van der Waals surface area contributed by atoms with Crippen LogP contribution in [0.3, 0.4) is 0 Å². The van der Waals surface area contributed by atoms with Gasteiger partial charge in [0.1, 0.15) is 0 Å². The average Bonchev–Trinajstić information content (AvgIpc) is 2.29. The molecule has 17 heavy (non-hydrogen) atoms. The van der Waals surface area contributed by atoms with E-state index in [4.69, 9.17) is 5.73 Å². The van der Waals surface area contributed by atoms with Crippen molar-refractivity contribution in [1.82, 2.24) is 0 Å². The third-order valence-electron chi connectivity index (χ3n) is 3.18. The van der Waals surface area contributed by atoms with Crippen LogP contribution in [0, 0.1) is 5.92 Å². The number of rotatable bonds is 2. The number of halogens is 1. The molecular formula is C13H17BrN2O. The van der Waals surface area contributed by atoms with Gasteiger partial charge in [0.05, 0.1) is 0 Å². The summed E-state index contributed by atoms with van der Waals surface area (Å²) in [6, 6.07) is 7.83. The molecule has 1 saturated carbocycles. The summed E-state index contributed by atoms with van der Waals surface area (Å²) in [6.07, 6.45) is 3.85. The first-order valence-electron chi connectivity index (χ1n) is 5.97. The summed E-state index contributed by atoms with van der Waals surface area (Å²) in [5.74, 6) is 0.163. The molecular weight excluding hydrogens is 280 g/mol. The predicted molar refractivity (Wildman–Crippen MR) is 72.7 cm³/mol. The molecule has 3 N–H and O–H groups in total. The van der Waals surface area contributed by atoms with Crippen LogP contribution in [0.2, 0.25) is 0 Å². The van der Waals surface area contributed by atoms with Gasteiger partial charge in [-0.3, -0.25) is 4.79 Å². The molecule has 1 amide bonds. The van der Waals surface area contributed by atoms with Gasteiger partial charge in [-0.2, -0.15) is 0 Å². The van der Waals surface area contributed by atoms with Crippen molar-refractivity contribution in [3.05, 3.63) is 28.7 Å². The fourth-order valence-electron chi connectivity index (χ4n) is 2.28. The van der Waals surface area contributed by atoms with Crippen LogP contribution >= 0.6 is 15.9 Å². The second kappa shape index (κ2) is 5.65. The second-order valence-corrected chi connectivity index (χ2v) is 5.54. The van der Waals surface area contributed by atoms with Gasteiger partial charge in [-0.1, -0.05) is 28.4 Å². The first-order valence-corrected chi connectivity index (χ1v) is 6.76. The Morgan fingerprint density at radius 2 is 2.24 bits per heavy atom. The summed E-state index contributed by atoms with van der Waals surface area (Å²) < 4.78 is 0.968. The molecule has 0 aromatic heterocycles. The van der Waals surface area contributed by atoms with Crippen LogP contribution in [0.5, 0.6) is 0 Å². The van der Waals surface area contributed by atoms with Crippen molar-refractivity contribution in [2.45, 2.75) is 31.7 Å². The normalized spacial score (nSPS) is 24.4. The highest BCUT2D eigenvalue weighted by Crippen LogP contribution is 2.25. The van der Waals surface area contributed by atoms with Gasteiger partial charge in [-0.25, -0.2) is 0 Å². The van der Waals surface area contributed by atoms with Crippen molar-refractivity contribution in [2.24, 2.45) is 11.7 Å². The molecule has 1 aliphatic carbocycles. The molecule has 0 saturated heterocycles. The lowest BCUT2D eigenvalue weighted by Crippen LogP contribution is -2.34. The molecule has 1 aromatic carbocycles. The maximum Gasteiger partial charge on any atom is 0.227 e. The molecule has 1 aliphatic rings. The van der Waals surface area contributed by atoms with Crippen LogP contribution in [0.25, 0.3) is 0 Å². The molecule has 92 valence electrons. The van der Waals surface area contributed by atoms with Gasteiger partial charge in [0, 0.05) is 22.1 Å². The number of nitrogens with two attached hydrogens (primary N) is 1. The zero-order valence-electron chi connectivity index (χ0n) is 9.66. The molecule has 3 nitrogen and oxygen atoms in total. The standard InChI is InChI=1S/C13H17BrN2O/c14-10-4-2-6-12(8-10)16-13(17)9-3-1-5-11(15)7-9/h2,4,6,8-9,11H,1,3,5,7,15H2,(H,16,17). The highest BCUT2D eigenvalue weighted by molar-refractivity contribution is 9.10. The van der Waals surface area contributed by atoms with Crippen LogP contribution in [0.15, 0.2) is 28.7 Å². The Kier molecular flexibility index (Phi) is 4.18. The maximum absolute atomic E-state index is 12.0. The summed E-state index contributed by atoms with van der Waals surface area (Å²) in [4.78, 5) is 12.0. The van der Waals surface area contributed by atoms with E-state index in [1.54, 1.807) is 0 Å². The Morgan fingerprint density at radius 3 is 2.94 bits per heavy atom. The molecule has 2 unspecified atom stereocenters. The fourth-order valence-corrected chi connectivity index (χ4v) is 2.68. The minimum Gasteiger partial charge on any atom is -0.328 e. The van der Waals surface area contributed by atoms with E-state index < -0.39 is 0 Å². The lowest BCUT2D eigenvalue weighted by molar-refractivity contribution is -0.120. The summed E-state index contributed by atoms with van der Waals surface area (Å²) in [6.45, 7) is 0. The van der Waals surface area contributed by atoms with Crippen LogP contribution in [0.1, 0.15) is 25.7 Å². The molecule has 1 aromatic rings. The van der Waals surface area contributed by atoms with Crippen molar-refractivity contribution in [3.8, 4) is 0 Å². The Labute approximate surface area is 110 Å². The van der Waals surface area contributed by atoms with Crippen LogP contribution < -0.4 is 11.1 Å². The average molecular weight is 297 g/mol. The van der Waals surface area contributed by atoms with E-state index in [1.807, 2.05) is 24.3 Å². The lowest BCUT2D eigenvalue weighted by atomic mass is 9.85. The van der Waals surface area contributed by atoms with Gasteiger partial charge in [-0.05, 0) is 37.5 Å². The van der Waals surface area contributed by atoms with Crippen molar-refractivity contribution >= 4 is 27.5 Å². The van der Waals surface area contributed by atoms with E-state index in [1.165, 1.54) is 0 Å². The number of amides is 1. The van der Waals surface area contributed by atoms with Crippen molar-refractivity contribution in [3.63, 3.8) is 0 Å². The molecule has 2 rings (SSSR count). The largest absolute Gasteiger partial charge is 0.328 e. The molecule has 1 fully saturated rings. The summed E-state index contributed by atoms with van der Waals surface area (Å²) >= 11 is 3.39. The number of carbonyl (C=O) groups excluding carboxylic acids is 1. The minimum absolute atomic E-state index is 0.0673.